The van der Waals surface area contributed by atoms with Gasteiger partial charge in [-0.15, -0.1) is 0 Å². The van der Waals surface area contributed by atoms with Crippen molar-refractivity contribution in [3.8, 4) is 11.8 Å². The summed E-state index contributed by atoms with van der Waals surface area (Å²) in [5.41, 5.74) is 0.565. The summed E-state index contributed by atoms with van der Waals surface area (Å²) in [6.07, 6.45) is 0. The normalized spacial score (nSPS) is 9.29. The van der Waals surface area contributed by atoms with Gasteiger partial charge in [-0.25, -0.2) is 0 Å². The van der Waals surface area contributed by atoms with Gasteiger partial charge in [0.05, 0.1) is 18.8 Å². The molecule has 0 amide bonds. The molecular weight excluding hydrogens is 408 g/mol. The van der Waals surface area contributed by atoms with Gasteiger partial charge in [-0.1, -0.05) is 0 Å². The monoisotopic (exact) mass is 413 g/mol. The zero-order valence-electron chi connectivity index (χ0n) is 7.17. The molecule has 0 N–H and O–H groups in total. The highest BCUT2D eigenvalue weighted by Crippen LogP contribution is 2.28. The van der Waals surface area contributed by atoms with Crippen LogP contribution < -0.4 is 4.74 Å². The summed E-state index contributed by atoms with van der Waals surface area (Å²) in [6.45, 7) is 1.35. The van der Waals surface area contributed by atoms with Crippen molar-refractivity contribution >= 4 is 51.2 Å². The molecule has 0 aliphatic carbocycles. The summed E-state index contributed by atoms with van der Waals surface area (Å²) in [4.78, 5) is 10.8. The number of halogens is 2. The number of hydrogen-bond donors (Lipinski definition) is 0. The topological polar surface area (TPSA) is 50.1 Å². The van der Waals surface area contributed by atoms with Gasteiger partial charge in [0.25, 0.3) is 0 Å². The molecule has 1 rings (SSSR count). The van der Waals surface area contributed by atoms with Crippen LogP contribution >= 0.6 is 45.2 Å². The van der Waals surface area contributed by atoms with Crippen LogP contribution in [0.3, 0.4) is 0 Å². The van der Waals surface area contributed by atoms with Crippen LogP contribution in [0.5, 0.6) is 5.75 Å². The Morgan fingerprint density at radius 1 is 1.43 bits per heavy atom. The van der Waals surface area contributed by atoms with E-state index in [0.717, 1.165) is 7.14 Å². The van der Waals surface area contributed by atoms with Crippen LogP contribution in [0.15, 0.2) is 12.1 Å². The first kappa shape index (κ1) is 11.7. The van der Waals surface area contributed by atoms with Crippen LogP contribution in [0.2, 0.25) is 0 Å². The van der Waals surface area contributed by atoms with Crippen molar-refractivity contribution in [2.45, 2.75) is 6.92 Å². The molecule has 0 spiro atoms. The molecule has 0 saturated carbocycles. The minimum absolute atomic E-state index is 0.356. The molecule has 5 heteroatoms. The van der Waals surface area contributed by atoms with Crippen LogP contribution in [0.1, 0.15) is 12.5 Å². The van der Waals surface area contributed by atoms with Crippen molar-refractivity contribution in [1.29, 1.82) is 5.26 Å². The van der Waals surface area contributed by atoms with E-state index in [1.165, 1.54) is 6.92 Å². The number of benzene rings is 1. The fourth-order valence-corrected chi connectivity index (χ4v) is 2.85. The molecule has 0 saturated heterocycles. The maximum absolute atomic E-state index is 10.8. The van der Waals surface area contributed by atoms with Gasteiger partial charge in [0.2, 0.25) is 0 Å². The lowest BCUT2D eigenvalue weighted by atomic mass is 10.2. The molecule has 0 unspecified atom stereocenters. The van der Waals surface area contributed by atoms with Crippen LogP contribution in [0.25, 0.3) is 0 Å². The van der Waals surface area contributed by atoms with Crippen LogP contribution in [-0.2, 0) is 4.79 Å². The highest BCUT2D eigenvalue weighted by molar-refractivity contribution is 14.1. The second-order valence-corrected chi connectivity index (χ2v) is 4.80. The van der Waals surface area contributed by atoms with Crippen molar-refractivity contribution in [2.75, 3.05) is 0 Å². The van der Waals surface area contributed by atoms with Gasteiger partial charge in [-0.3, -0.25) is 4.79 Å². The van der Waals surface area contributed by atoms with Crippen LogP contribution in [-0.4, -0.2) is 5.97 Å². The second kappa shape index (κ2) is 4.93. The number of carbonyl (C=O) groups excluding carboxylic acids is 1. The Labute approximate surface area is 109 Å². The third-order valence-corrected chi connectivity index (χ3v) is 2.98. The number of hydrogen-bond acceptors (Lipinski definition) is 3. The van der Waals surface area contributed by atoms with E-state index in [-0.39, 0.29) is 5.97 Å². The number of nitrogens with zero attached hydrogens (tertiary/aromatic N) is 1. The van der Waals surface area contributed by atoms with Gasteiger partial charge in [-0.2, -0.15) is 5.26 Å². The Balaban J connectivity index is 3.19. The maximum atomic E-state index is 10.8. The van der Waals surface area contributed by atoms with E-state index in [9.17, 15) is 4.79 Å². The maximum Gasteiger partial charge on any atom is 0.308 e. The average Bonchev–Trinajstić information content (AvgIpc) is 2.10. The Kier molecular flexibility index (Phi) is 4.12. The summed E-state index contributed by atoms with van der Waals surface area (Å²) in [7, 11) is 0. The zero-order chi connectivity index (χ0) is 10.7. The van der Waals surface area contributed by atoms with E-state index < -0.39 is 0 Å². The van der Waals surface area contributed by atoms with E-state index in [1.54, 1.807) is 12.1 Å². The molecule has 0 fully saturated rings. The number of carbonyl (C=O) groups is 1. The molecule has 1 aromatic carbocycles. The van der Waals surface area contributed by atoms with Crippen molar-refractivity contribution in [3.63, 3.8) is 0 Å². The summed E-state index contributed by atoms with van der Waals surface area (Å²) in [5.74, 6) is 0.170. The van der Waals surface area contributed by atoms with Gasteiger partial charge in [-0.05, 0) is 57.3 Å². The highest BCUT2D eigenvalue weighted by Gasteiger charge is 2.10. The largest absolute Gasteiger partial charge is 0.424 e. The molecule has 0 heterocycles. The Hall–Kier alpha value is -0.360. The van der Waals surface area contributed by atoms with Gasteiger partial charge in [0.1, 0.15) is 0 Å². The first-order valence-electron chi connectivity index (χ1n) is 3.62. The van der Waals surface area contributed by atoms with E-state index in [4.69, 9.17) is 10.00 Å². The zero-order valence-corrected chi connectivity index (χ0v) is 11.5. The molecule has 0 bridgehead atoms. The van der Waals surface area contributed by atoms with Crippen molar-refractivity contribution in [1.82, 2.24) is 0 Å². The standard InChI is InChI=1S/C9H5I2NO2/c1-5(13)14-9-7(10)2-6(4-12)3-8(9)11/h2-3H,1H3. The summed E-state index contributed by atoms with van der Waals surface area (Å²) in [5, 5.41) is 8.69. The van der Waals surface area contributed by atoms with Crippen LogP contribution in [0.4, 0.5) is 0 Å². The molecule has 0 atom stereocenters. The van der Waals surface area contributed by atoms with Crippen molar-refractivity contribution < 1.29 is 9.53 Å². The molecule has 1 aromatic rings. The van der Waals surface area contributed by atoms with Gasteiger partial charge in [0.15, 0.2) is 5.75 Å². The third kappa shape index (κ3) is 2.81. The predicted octanol–water partition coefficient (Wildman–Crippen LogP) is 2.69. The van der Waals surface area contributed by atoms with Crippen molar-refractivity contribution in [3.05, 3.63) is 24.8 Å². The molecule has 0 radical (unpaired) electrons. The fourth-order valence-electron chi connectivity index (χ4n) is 0.866. The molecule has 0 aliphatic rings. The average molecular weight is 413 g/mol. The predicted molar refractivity (Wildman–Crippen MR) is 67.9 cm³/mol. The quantitative estimate of drug-likeness (QED) is 0.405. The summed E-state index contributed by atoms with van der Waals surface area (Å²) in [6, 6.07) is 5.40. The minimum atomic E-state index is -0.356. The Morgan fingerprint density at radius 2 is 1.93 bits per heavy atom. The summed E-state index contributed by atoms with van der Waals surface area (Å²) >= 11 is 4.07. The van der Waals surface area contributed by atoms with E-state index in [0.29, 0.717) is 11.3 Å². The smallest absolute Gasteiger partial charge is 0.308 e. The molecule has 0 aromatic heterocycles. The van der Waals surface area contributed by atoms with E-state index >= 15 is 0 Å². The number of ether oxygens (including phenoxy) is 1. The first-order chi connectivity index (χ1) is 6.54. The van der Waals surface area contributed by atoms with Gasteiger partial charge in [0, 0.05) is 6.92 Å². The fraction of sp³-hybridized carbons (Fsp3) is 0.111. The van der Waals surface area contributed by atoms with Crippen molar-refractivity contribution in [2.24, 2.45) is 0 Å². The Morgan fingerprint density at radius 3 is 2.29 bits per heavy atom. The van der Waals surface area contributed by atoms with Gasteiger partial charge >= 0.3 is 5.97 Å². The number of rotatable bonds is 1. The van der Waals surface area contributed by atoms with E-state index in [1.807, 2.05) is 51.3 Å². The third-order valence-electron chi connectivity index (χ3n) is 1.37. The lowest BCUT2D eigenvalue weighted by Crippen LogP contribution is -2.04. The molecule has 72 valence electrons. The number of esters is 1. The molecule has 3 nitrogen and oxygen atoms in total. The summed E-state index contributed by atoms with van der Waals surface area (Å²) < 4.78 is 6.54. The molecule has 0 aliphatic heterocycles. The second-order valence-electron chi connectivity index (χ2n) is 2.47. The number of nitriles is 1. The minimum Gasteiger partial charge on any atom is -0.424 e. The lowest BCUT2D eigenvalue weighted by molar-refractivity contribution is -0.132. The molecular formula is C9H5I2NO2. The van der Waals surface area contributed by atoms with Gasteiger partial charge < -0.3 is 4.74 Å². The SMILES string of the molecule is CC(=O)Oc1c(I)cc(C#N)cc1I. The Bertz CT molecular complexity index is 400. The van der Waals surface area contributed by atoms with E-state index in [2.05, 4.69) is 0 Å². The van der Waals surface area contributed by atoms with Crippen LogP contribution in [0, 0.1) is 18.5 Å². The molecule has 14 heavy (non-hydrogen) atoms. The highest BCUT2D eigenvalue weighted by atomic mass is 127. The first-order valence-corrected chi connectivity index (χ1v) is 5.78. The lowest BCUT2D eigenvalue weighted by Gasteiger charge is -2.06.